The van der Waals surface area contributed by atoms with Gasteiger partial charge in [0.2, 0.25) is 5.91 Å². The van der Waals surface area contributed by atoms with Crippen molar-refractivity contribution in [2.24, 2.45) is 0 Å². The molecule has 1 atom stereocenters. The number of pyridine rings is 1. The van der Waals surface area contributed by atoms with Crippen molar-refractivity contribution >= 4 is 11.8 Å². The Hall–Kier alpha value is -3.67. The van der Waals surface area contributed by atoms with Crippen LogP contribution in [0.15, 0.2) is 83.8 Å². The van der Waals surface area contributed by atoms with Gasteiger partial charge in [0.1, 0.15) is 11.6 Å². The van der Waals surface area contributed by atoms with E-state index < -0.39 is 11.9 Å². The first-order chi connectivity index (χ1) is 15.1. The lowest BCUT2D eigenvalue weighted by atomic mass is 10.0. The normalized spacial score (nSPS) is 13.9. The fourth-order valence-corrected chi connectivity index (χ4v) is 3.44. The summed E-state index contributed by atoms with van der Waals surface area (Å²) in [7, 11) is 0. The number of benzene rings is 2. The summed E-state index contributed by atoms with van der Waals surface area (Å²) in [5.41, 5.74) is 1.54. The molecule has 0 saturated heterocycles. The average molecular weight is 415 g/mol. The molecule has 0 spiro atoms. The zero-order valence-electron chi connectivity index (χ0n) is 17.2. The Bertz CT molecular complexity index is 1110. The molecule has 3 aromatic rings. The Morgan fingerprint density at radius 2 is 1.55 bits per heavy atom. The van der Waals surface area contributed by atoms with Gasteiger partial charge >= 0.3 is 0 Å². The van der Waals surface area contributed by atoms with Crippen LogP contribution >= 0.6 is 0 Å². The highest BCUT2D eigenvalue weighted by molar-refractivity contribution is 5.97. The summed E-state index contributed by atoms with van der Waals surface area (Å²) in [6.07, 6.45) is 3.94. The third-order valence-corrected chi connectivity index (χ3v) is 5.29. The molecule has 1 heterocycles. The van der Waals surface area contributed by atoms with Gasteiger partial charge in [0, 0.05) is 18.7 Å². The molecule has 0 bridgehead atoms. The maximum atomic E-state index is 13.0. The summed E-state index contributed by atoms with van der Waals surface area (Å²) < 4.78 is 1.50. The van der Waals surface area contributed by atoms with Crippen LogP contribution in [-0.2, 0) is 17.8 Å². The molecule has 1 unspecified atom stereocenters. The second-order valence-corrected chi connectivity index (χ2v) is 7.84. The van der Waals surface area contributed by atoms with E-state index in [1.165, 1.54) is 10.6 Å². The number of carbonyl (C=O) groups is 2. The van der Waals surface area contributed by atoms with Gasteiger partial charge in [-0.2, -0.15) is 0 Å². The number of rotatable bonds is 8. The predicted molar refractivity (Wildman–Crippen MR) is 119 cm³/mol. The van der Waals surface area contributed by atoms with Gasteiger partial charge in [-0.05, 0) is 36.1 Å². The molecule has 0 radical (unpaired) electrons. The Morgan fingerprint density at radius 1 is 0.903 bits per heavy atom. The van der Waals surface area contributed by atoms with Crippen LogP contribution < -0.4 is 16.2 Å². The number of aromatic nitrogens is 1. The maximum Gasteiger partial charge on any atom is 0.263 e. The second kappa shape index (κ2) is 9.43. The number of hydrogen-bond donors (Lipinski definition) is 2. The van der Waals surface area contributed by atoms with Gasteiger partial charge in [-0.1, -0.05) is 60.7 Å². The van der Waals surface area contributed by atoms with Crippen molar-refractivity contribution in [1.82, 2.24) is 15.2 Å². The van der Waals surface area contributed by atoms with Crippen molar-refractivity contribution in [3.8, 4) is 0 Å². The minimum Gasteiger partial charge on any atom is -0.352 e. The van der Waals surface area contributed by atoms with E-state index in [1.807, 2.05) is 60.7 Å². The van der Waals surface area contributed by atoms with Crippen LogP contribution in [0.3, 0.4) is 0 Å². The van der Waals surface area contributed by atoms with E-state index in [0.29, 0.717) is 13.0 Å². The smallest absolute Gasteiger partial charge is 0.263 e. The highest BCUT2D eigenvalue weighted by atomic mass is 16.2. The summed E-state index contributed by atoms with van der Waals surface area (Å²) in [5, 5.41) is 5.74. The van der Waals surface area contributed by atoms with Crippen LogP contribution in [0.25, 0.3) is 0 Å². The van der Waals surface area contributed by atoms with Crippen molar-refractivity contribution in [3.63, 3.8) is 0 Å². The Balaban J connectivity index is 1.53. The fraction of sp³-hybridized carbons (Fsp3) is 0.240. The molecule has 2 aromatic carbocycles. The first-order valence-electron chi connectivity index (χ1n) is 10.5. The van der Waals surface area contributed by atoms with E-state index in [9.17, 15) is 14.4 Å². The van der Waals surface area contributed by atoms with Crippen molar-refractivity contribution < 1.29 is 9.59 Å². The topological polar surface area (TPSA) is 80.2 Å². The van der Waals surface area contributed by atoms with Crippen LogP contribution in [-0.4, -0.2) is 28.5 Å². The number of amides is 2. The van der Waals surface area contributed by atoms with E-state index in [-0.39, 0.29) is 23.1 Å². The molecule has 1 aromatic heterocycles. The van der Waals surface area contributed by atoms with Crippen molar-refractivity contribution in [2.75, 3.05) is 0 Å². The van der Waals surface area contributed by atoms with E-state index in [1.54, 1.807) is 12.3 Å². The lowest BCUT2D eigenvalue weighted by Crippen LogP contribution is -2.49. The first kappa shape index (κ1) is 20.6. The third kappa shape index (κ3) is 5.48. The minimum atomic E-state index is -0.752. The van der Waals surface area contributed by atoms with Crippen LogP contribution in [0.5, 0.6) is 0 Å². The summed E-state index contributed by atoms with van der Waals surface area (Å²) in [5.74, 6) is -0.764. The number of nitrogens with one attached hydrogen (secondary N) is 2. The summed E-state index contributed by atoms with van der Waals surface area (Å²) in [6, 6.07) is 21.7. The molecule has 1 aliphatic carbocycles. The number of carbonyl (C=O) groups excluding carboxylic acids is 2. The number of hydrogen-bond acceptors (Lipinski definition) is 3. The van der Waals surface area contributed by atoms with Crippen LogP contribution in [0, 0.1) is 0 Å². The van der Waals surface area contributed by atoms with E-state index in [4.69, 9.17) is 0 Å². The van der Waals surface area contributed by atoms with Crippen molar-refractivity contribution in [2.45, 2.75) is 37.9 Å². The highest BCUT2D eigenvalue weighted by Crippen LogP contribution is 2.19. The zero-order chi connectivity index (χ0) is 21.6. The van der Waals surface area contributed by atoms with Gasteiger partial charge in [-0.15, -0.1) is 0 Å². The van der Waals surface area contributed by atoms with Gasteiger partial charge in [0.05, 0.1) is 6.54 Å². The van der Waals surface area contributed by atoms with Crippen molar-refractivity contribution in [3.05, 3.63) is 106 Å². The molecule has 1 fully saturated rings. The maximum absolute atomic E-state index is 13.0. The van der Waals surface area contributed by atoms with Crippen LogP contribution in [0.1, 0.15) is 34.3 Å². The monoisotopic (exact) mass is 415 g/mol. The standard InChI is InChI=1S/C25H25N3O3/c29-23(21-12-7-15-28(25(21)31)17-19-10-5-2-6-11-19)27-22(24(30)26-20-13-14-20)16-18-8-3-1-4-9-18/h1-12,15,20,22H,13-14,16-17H2,(H,26,30)(H,27,29). The molecule has 1 saturated carbocycles. The molecule has 31 heavy (non-hydrogen) atoms. The van der Waals surface area contributed by atoms with E-state index >= 15 is 0 Å². The van der Waals surface area contributed by atoms with Crippen LogP contribution in [0.2, 0.25) is 0 Å². The molecule has 6 nitrogen and oxygen atoms in total. The molecule has 6 heteroatoms. The molecule has 2 amide bonds. The lowest BCUT2D eigenvalue weighted by Gasteiger charge is -2.19. The SMILES string of the molecule is O=C(NC(Cc1ccccc1)C(=O)NC1CC1)c1cccn(Cc2ccccc2)c1=O. The van der Waals surface area contributed by atoms with Gasteiger partial charge in [-0.3, -0.25) is 14.4 Å². The molecule has 1 aliphatic rings. The highest BCUT2D eigenvalue weighted by Gasteiger charge is 2.29. The average Bonchev–Trinajstić information content (AvgIpc) is 3.60. The Kier molecular flexibility index (Phi) is 6.26. The Labute approximate surface area is 180 Å². The van der Waals surface area contributed by atoms with E-state index in [2.05, 4.69) is 10.6 Å². The molecule has 158 valence electrons. The zero-order valence-corrected chi connectivity index (χ0v) is 17.2. The largest absolute Gasteiger partial charge is 0.352 e. The molecule has 4 rings (SSSR count). The minimum absolute atomic E-state index is 0.0238. The molecule has 2 N–H and O–H groups in total. The van der Waals surface area contributed by atoms with Crippen molar-refractivity contribution in [1.29, 1.82) is 0 Å². The third-order valence-electron chi connectivity index (χ3n) is 5.29. The fourth-order valence-electron chi connectivity index (χ4n) is 3.44. The van der Waals surface area contributed by atoms with E-state index in [0.717, 1.165) is 24.0 Å². The predicted octanol–water partition coefficient (Wildman–Crippen LogP) is 2.52. The second-order valence-electron chi connectivity index (χ2n) is 7.84. The quantitative estimate of drug-likeness (QED) is 0.593. The summed E-state index contributed by atoms with van der Waals surface area (Å²) in [4.78, 5) is 38.6. The molecule has 0 aliphatic heterocycles. The van der Waals surface area contributed by atoms with Gasteiger partial charge in [0.25, 0.3) is 11.5 Å². The van der Waals surface area contributed by atoms with Gasteiger partial charge in [0.15, 0.2) is 0 Å². The Morgan fingerprint density at radius 3 is 2.19 bits per heavy atom. The molecular weight excluding hydrogens is 390 g/mol. The summed E-state index contributed by atoms with van der Waals surface area (Å²) >= 11 is 0. The lowest BCUT2D eigenvalue weighted by molar-refractivity contribution is -0.123. The van der Waals surface area contributed by atoms with Gasteiger partial charge in [-0.25, -0.2) is 0 Å². The van der Waals surface area contributed by atoms with Gasteiger partial charge < -0.3 is 15.2 Å². The number of nitrogens with zero attached hydrogens (tertiary/aromatic N) is 1. The molecular formula is C25H25N3O3. The van der Waals surface area contributed by atoms with Crippen LogP contribution in [0.4, 0.5) is 0 Å². The summed E-state index contributed by atoms with van der Waals surface area (Å²) in [6.45, 7) is 0.371. The first-order valence-corrected chi connectivity index (χ1v) is 10.5.